The Balaban J connectivity index is 2.19. The van der Waals surface area contributed by atoms with E-state index in [1.165, 1.54) is 25.7 Å². The highest BCUT2D eigenvalue weighted by Gasteiger charge is 2.47. The molecule has 3 atom stereocenters. The topological polar surface area (TPSA) is 17.1 Å². The van der Waals surface area contributed by atoms with Gasteiger partial charge in [0.05, 0.1) is 0 Å². The van der Waals surface area contributed by atoms with E-state index in [-0.39, 0.29) is 5.41 Å². The highest BCUT2D eigenvalue weighted by atomic mass is 16.1. The lowest BCUT2D eigenvalue weighted by atomic mass is 9.53. The molecule has 0 saturated heterocycles. The van der Waals surface area contributed by atoms with Gasteiger partial charge in [-0.25, -0.2) is 0 Å². The molecule has 0 aromatic carbocycles. The molecule has 1 heteroatoms. The van der Waals surface area contributed by atoms with Crippen LogP contribution in [0, 0.1) is 22.7 Å². The predicted octanol–water partition coefficient (Wildman–Crippen LogP) is 4.21. The molecule has 0 unspecified atom stereocenters. The van der Waals surface area contributed by atoms with Gasteiger partial charge in [-0.2, -0.15) is 0 Å². The summed E-state index contributed by atoms with van der Waals surface area (Å²) in [6, 6.07) is 0. The lowest BCUT2D eigenvalue weighted by Gasteiger charge is -2.51. The minimum absolute atomic E-state index is 0.0181. The van der Waals surface area contributed by atoms with Crippen molar-refractivity contribution in [3.05, 3.63) is 0 Å². The largest absolute Gasteiger partial charge is 0.299 e. The molecule has 0 radical (unpaired) electrons. The van der Waals surface area contributed by atoms with Crippen molar-refractivity contribution in [3.8, 4) is 0 Å². The Bertz CT molecular complexity index is 292. The zero-order valence-corrected chi connectivity index (χ0v) is 11.3. The molecule has 2 rings (SSSR count). The summed E-state index contributed by atoms with van der Waals surface area (Å²) in [5.74, 6) is 2.09. The summed E-state index contributed by atoms with van der Waals surface area (Å²) < 4.78 is 0. The van der Waals surface area contributed by atoms with Gasteiger partial charge in [0.2, 0.25) is 0 Å². The second-order valence-electron chi connectivity index (χ2n) is 7.11. The fourth-order valence-electron chi connectivity index (χ4n) is 4.04. The Morgan fingerprint density at radius 1 is 1.12 bits per heavy atom. The maximum Gasteiger partial charge on any atom is 0.135 e. The molecule has 0 heterocycles. The molecule has 2 fully saturated rings. The van der Waals surface area contributed by atoms with Gasteiger partial charge in [0, 0.05) is 5.41 Å². The van der Waals surface area contributed by atoms with Crippen LogP contribution in [0.15, 0.2) is 0 Å². The Morgan fingerprint density at radius 2 is 1.81 bits per heavy atom. The number of hydrogen-bond donors (Lipinski definition) is 0. The fraction of sp³-hybridized carbons (Fsp3) is 0.933. The van der Waals surface area contributed by atoms with Gasteiger partial charge >= 0.3 is 0 Å². The van der Waals surface area contributed by atoms with Crippen LogP contribution in [0.3, 0.4) is 0 Å². The van der Waals surface area contributed by atoms with Gasteiger partial charge in [-0.05, 0) is 49.9 Å². The summed E-state index contributed by atoms with van der Waals surface area (Å²) in [5.41, 5.74) is 0.440. The average Bonchev–Trinajstić information content (AvgIpc) is 2.19. The second kappa shape index (κ2) is 3.85. The van der Waals surface area contributed by atoms with Gasteiger partial charge in [0.25, 0.3) is 0 Å². The van der Waals surface area contributed by atoms with E-state index in [0.29, 0.717) is 11.2 Å². The molecule has 92 valence electrons. The molecule has 0 aliphatic heterocycles. The highest BCUT2D eigenvalue weighted by molar-refractivity contribution is 5.82. The third-order valence-corrected chi connectivity index (χ3v) is 5.56. The van der Waals surface area contributed by atoms with Crippen LogP contribution in [0.2, 0.25) is 0 Å². The van der Waals surface area contributed by atoms with E-state index in [9.17, 15) is 4.79 Å². The molecule has 0 bridgehead atoms. The molecular weight excluding hydrogens is 196 g/mol. The minimum atomic E-state index is -0.0181. The van der Waals surface area contributed by atoms with Gasteiger partial charge in [-0.15, -0.1) is 0 Å². The summed E-state index contributed by atoms with van der Waals surface area (Å²) in [5, 5.41) is 0. The van der Waals surface area contributed by atoms with Gasteiger partial charge in [-0.3, -0.25) is 4.79 Å². The van der Waals surface area contributed by atoms with Crippen molar-refractivity contribution in [1.82, 2.24) is 0 Å². The van der Waals surface area contributed by atoms with E-state index in [4.69, 9.17) is 0 Å². The van der Waals surface area contributed by atoms with E-state index < -0.39 is 0 Å². The van der Waals surface area contributed by atoms with Crippen molar-refractivity contribution in [3.63, 3.8) is 0 Å². The van der Waals surface area contributed by atoms with Gasteiger partial charge < -0.3 is 0 Å². The van der Waals surface area contributed by atoms with Gasteiger partial charge in [0.1, 0.15) is 5.78 Å². The first kappa shape index (κ1) is 12.1. The number of Topliss-reactive ketones (excluding diaryl/α,β-unsaturated/α-hetero) is 1. The van der Waals surface area contributed by atoms with Crippen LogP contribution in [0.1, 0.15) is 66.2 Å². The first-order valence-electron chi connectivity index (χ1n) is 6.86. The third-order valence-electron chi connectivity index (χ3n) is 5.56. The molecule has 2 saturated carbocycles. The van der Waals surface area contributed by atoms with Crippen LogP contribution in [0.4, 0.5) is 0 Å². The van der Waals surface area contributed by atoms with E-state index >= 15 is 0 Å². The summed E-state index contributed by atoms with van der Waals surface area (Å²) in [7, 11) is 0. The lowest BCUT2D eigenvalue weighted by Crippen LogP contribution is -2.44. The number of fused-ring (bicyclic) bond motifs is 1. The molecule has 16 heavy (non-hydrogen) atoms. The second-order valence-corrected chi connectivity index (χ2v) is 7.11. The van der Waals surface area contributed by atoms with Crippen molar-refractivity contribution in [2.75, 3.05) is 0 Å². The van der Waals surface area contributed by atoms with Crippen LogP contribution in [0.5, 0.6) is 0 Å². The molecule has 0 N–H and O–H groups in total. The normalized spacial score (nSPS) is 42.5. The fourth-order valence-corrected chi connectivity index (χ4v) is 4.04. The quantitative estimate of drug-likeness (QED) is 0.649. The molecule has 0 amide bonds. The standard InChI is InChI=1S/C15H26O/c1-11(16)15(4)9-7-12-6-5-8-14(2,3)13(12)10-15/h12-13H,5-10H2,1-4H3/t12-,13+,15+/m0/s1. The third kappa shape index (κ3) is 1.94. The number of carbonyl (C=O) groups is 1. The van der Waals surface area contributed by atoms with E-state index in [1.54, 1.807) is 6.92 Å². The number of ketones is 1. The highest BCUT2D eigenvalue weighted by Crippen LogP contribution is 2.55. The zero-order chi connectivity index (χ0) is 12.0. The average molecular weight is 222 g/mol. The SMILES string of the molecule is CC(=O)[C@]1(C)CC[C@@H]2CCCC(C)(C)[C@@H]2C1. The number of hydrogen-bond acceptors (Lipinski definition) is 1. The van der Waals surface area contributed by atoms with Crippen molar-refractivity contribution < 1.29 is 4.79 Å². The van der Waals surface area contributed by atoms with Crippen molar-refractivity contribution in [1.29, 1.82) is 0 Å². The Labute approximate surface area is 100.0 Å². The molecule has 0 aromatic heterocycles. The van der Waals surface area contributed by atoms with Gasteiger partial charge in [-0.1, -0.05) is 33.6 Å². The van der Waals surface area contributed by atoms with E-state index in [2.05, 4.69) is 20.8 Å². The summed E-state index contributed by atoms with van der Waals surface area (Å²) >= 11 is 0. The molecule has 0 spiro atoms. The summed E-state index contributed by atoms with van der Waals surface area (Å²) in [6.45, 7) is 8.80. The molecule has 1 nitrogen and oxygen atoms in total. The molecule has 0 aromatic rings. The summed E-state index contributed by atoms with van der Waals surface area (Å²) in [6.07, 6.45) is 7.69. The van der Waals surface area contributed by atoms with E-state index in [1.807, 2.05) is 0 Å². The van der Waals surface area contributed by atoms with Crippen LogP contribution in [-0.2, 0) is 4.79 Å². The summed E-state index contributed by atoms with van der Waals surface area (Å²) in [4.78, 5) is 11.8. The first-order valence-corrected chi connectivity index (χ1v) is 6.86. The van der Waals surface area contributed by atoms with Crippen LogP contribution in [-0.4, -0.2) is 5.78 Å². The molecular formula is C15H26O. The lowest BCUT2D eigenvalue weighted by molar-refractivity contribution is -0.131. The maximum atomic E-state index is 11.8. The Kier molecular flexibility index (Phi) is 2.92. The Morgan fingerprint density at radius 3 is 2.44 bits per heavy atom. The maximum absolute atomic E-state index is 11.8. The monoisotopic (exact) mass is 222 g/mol. The molecule has 2 aliphatic carbocycles. The zero-order valence-electron chi connectivity index (χ0n) is 11.3. The predicted molar refractivity (Wildman–Crippen MR) is 67.3 cm³/mol. The van der Waals surface area contributed by atoms with Crippen molar-refractivity contribution in [2.45, 2.75) is 66.2 Å². The van der Waals surface area contributed by atoms with E-state index in [0.717, 1.165) is 24.7 Å². The molecule has 2 aliphatic rings. The van der Waals surface area contributed by atoms with Crippen LogP contribution in [0.25, 0.3) is 0 Å². The number of rotatable bonds is 1. The smallest absolute Gasteiger partial charge is 0.135 e. The van der Waals surface area contributed by atoms with Crippen molar-refractivity contribution in [2.24, 2.45) is 22.7 Å². The van der Waals surface area contributed by atoms with Crippen LogP contribution < -0.4 is 0 Å². The van der Waals surface area contributed by atoms with Crippen molar-refractivity contribution >= 4 is 5.78 Å². The first-order chi connectivity index (χ1) is 7.35. The minimum Gasteiger partial charge on any atom is -0.299 e. The number of carbonyl (C=O) groups excluding carboxylic acids is 1. The van der Waals surface area contributed by atoms with Crippen LogP contribution >= 0.6 is 0 Å². The Hall–Kier alpha value is -0.330. The van der Waals surface area contributed by atoms with Gasteiger partial charge in [0.15, 0.2) is 0 Å².